The van der Waals surface area contributed by atoms with Crippen LogP contribution in [0.2, 0.25) is 0 Å². The first-order chi connectivity index (χ1) is 4.81. The van der Waals surface area contributed by atoms with Crippen molar-refractivity contribution in [1.82, 2.24) is 15.1 Å². The molecule has 62 valence electrons. The summed E-state index contributed by atoms with van der Waals surface area (Å²) in [6.45, 7) is 4.28. The molecule has 0 bridgehead atoms. The van der Waals surface area contributed by atoms with E-state index >= 15 is 0 Å². The normalized spacial score (nSPS) is 20.1. The van der Waals surface area contributed by atoms with Gasteiger partial charge >= 0.3 is 0 Å². The number of rotatable bonds is 1. The Labute approximate surface area is 72.2 Å². The molecule has 0 unspecified atom stereocenters. The number of halogens is 1. The minimum atomic E-state index is 0. The SMILES string of the molecule is CC1(n2cccn2)CNC1.Cl. The van der Waals surface area contributed by atoms with Gasteiger partial charge < -0.3 is 5.32 Å². The van der Waals surface area contributed by atoms with E-state index in [2.05, 4.69) is 17.3 Å². The minimum absolute atomic E-state index is 0. The van der Waals surface area contributed by atoms with Crippen LogP contribution in [0.4, 0.5) is 0 Å². The Kier molecular flexibility index (Phi) is 2.20. The van der Waals surface area contributed by atoms with Crippen LogP contribution >= 0.6 is 12.4 Å². The van der Waals surface area contributed by atoms with E-state index in [4.69, 9.17) is 0 Å². The van der Waals surface area contributed by atoms with Gasteiger partial charge in [0.1, 0.15) is 0 Å². The highest BCUT2D eigenvalue weighted by atomic mass is 35.5. The zero-order chi connectivity index (χ0) is 7.03. The van der Waals surface area contributed by atoms with Crippen molar-refractivity contribution in [3.05, 3.63) is 18.5 Å². The third-order valence-electron chi connectivity index (χ3n) is 2.07. The van der Waals surface area contributed by atoms with Crippen molar-refractivity contribution in [3.63, 3.8) is 0 Å². The Morgan fingerprint density at radius 2 is 2.27 bits per heavy atom. The minimum Gasteiger partial charge on any atom is -0.312 e. The van der Waals surface area contributed by atoms with E-state index in [1.807, 2.05) is 23.1 Å². The van der Waals surface area contributed by atoms with Gasteiger partial charge in [0, 0.05) is 25.5 Å². The van der Waals surface area contributed by atoms with Crippen molar-refractivity contribution < 1.29 is 0 Å². The van der Waals surface area contributed by atoms with E-state index in [9.17, 15) is 0 Å². The lowest BCUT2D eigenvalue weighted by molar-refractivity contribution is 0.180. The van der Waals surface area contributed by atoms with Crippen LogP contribution in [0.1, 0.15) is 6.92 Å². The van der Waals surface area contributed by atoms with Gasteiger partial charge in [0.25, 0.3) is 0 Å². The lowest BCUT2D eigenvalue weighted by Crippen LogP contribution is -2.58. The molecule has 1 fully saturated rings. The van der Waals surface area contributed by atoms with Crippen LogP contribution in [-0.2, 0) is 5.54 Å². The van der Waals surface area contributed by atoms with Crippen LogP contribution in [-0.4, -0.2) is 22.9 Å². The lowest BCUT2D eigenvalue weighted by Gasteiger charge is -2.39. The van der Waals surface area contributed by atoms with E-state index in [1.54, 1.807) is 0 Å². The van der Waals surface area contributed by atoms with Gasteiger partial charge in [-0.1, -0.05) is 0 Å². The third kappa shape index (κ3) is 1.26. The fourth-order valence-corrected chi connectivity index (χ4v) is 1.24. The van der Waals surface area contributed by atoms with Crippen LogP contribution in [0.15, 0.2) is 18.5 Å². The molecule has 4 heteroatoms. The Morgan fingerprint density at radius 1 is 1.55 bits per heavy atom. The van der Waals surface area contributed by atoms with Crippen molar-refractivity contribution in [2.45, 2.75) is 12.5 Å². The van der Waals surface area contributed by atoms with Gasteiger partial charge in [0.05, 0.1) is 5.54 Å². The zero-order valence-corrected chi connectivity index (χ0v) is 7.27. The molecule has 3 nitrogen and oxygen atoms in total. The largest absolute Gasteiger partial charge is 0.312 e. The number of nitrogens with zero attached hydrogens (tertiary/aromatic N) is 2. The van der Waals surface area contributed by atoms with Gasteiger partial charge in [0.15, 0.2) is 0 Å². The summed E-state index contributed by atoms with van der Waals surface area (Å²) < 4.78 is 2.02. The number of aromatic nitrogens is 2. The number of hydrogen-bond acceptors (Lipinski definition) is 2. The van der Waals surface area contributed by atoms with Crippen molar-refractivity contribution in [3.8, 4) is 0 Å². The summed E-state index contributed by atoms with van der Waals surface area (Å²) in [5, 5.41) is 7.42. The fourth-order valence-electron chi connectivity index (χ4n) is 1.24. The molecule has 1 aromatic rings. The first-order valence-electron chi connectivity index (χ1n) is 3.52. The van der Waals surface area contributed by atoms with Crippen molar-refractivity contribution in [2.24, 2.45) is 0 Å². The summed E-state index contributed by atoms with van der Waals surface area (Å²) in [5.41, 5.74) is 0.240. The Morgan fingerprint density at radius 3 is 2.64 bits per heavy atom. The first kappa shape index (κ1) is 8.56. The highest BCUT2D eigenvalue weighted by Crippen LogP contribution is 2.18. The second-order valence-corrected chi connectivity index (χ2v) is 3.05. The van der Waals surface area contributed by atoms with Gasteiger partial charge in [0.2, 0.25) is 0 Å². The molecule has 0 radical (unpaired) electrons. The molecule has 0 atom stereocenters. The second kappa shape index (κ2) is 2.83. The van der Waals surface area contributed by atoms with E-state index in [1.165, 1.54) is 0 Å². The molecule has 0 amide bonds. The molecule has 0 aliphatic carbocycles. The van der Waals surface area contributed by atoms with Crippen molar-refractivity contribution in [1.29, 1.82) is 0 Å². The van der Waals surface area contributed by atoms with Crippen molar-refractivity contribution in [2.75, 3.05) is 13.1 Å². The standard InChI is InChI=1S/C7H11N3.ClH/c1-7(5-8-6-7)10-4-2-3-9-10;/h2-4,8H,5-6H2,1H3;1H. The molecule has 0 aromatic carbocycles. The van der Waals surface area contributed by atoms with Crippen LogP contribution in [0, 0.1) is 0 Å². The topological polar surface area (TPSA) is 29.9 Å². The van der Waals surface area contributed by atoms with Crippen LogP contribution < -0.4 is 5.32 Å². The molecule has 1 aliphatic heterocycles. The first-order valence-corrected chi connectivity index (χ1v) is 3.52. The number of nitrogens with one attached hydrogen (secondary N) is 1. The van der Waals surface area contributed by atoms with Gasteiger partial charge in [-0.3, -0.25) is 4.68 Å². The average Bonchev–Trinajstić information content (AvgIpc) is 2.33. The van der Waals surface area contributed by atoms with Crippen LogP contribution in [0.25, 0.3) is 0 Å². The van der Waals surface area contributed by atoms with E-state index in [-0.39, 0.29) is 17.9 Å². The third-order valence-corrected chi connectivity index (χ3v) is 2.07. The molecule has 11 heavy (non-hydrogen) atoms. The molecule has 0 spiro atoms. The molecular formula is C7H12ClN3. The van der Waals surface area contributed by atoms with Gasteiger partial charge in [-0.25, -0.2) is 0 Å². The lowest BCUT2D eigenvalue weighted by atomic mass is 9.96. The maximum atomic E-state index is 4.19. The van der Waals surface area contributed by atoms with E-state index in [0.29, 0.717) is 0 Å². The molecular weight excluding hydrogens is 162 g/mol. The molecule has 0 saturated carbocycles. The summed E-state index contributed by atoms with van der Waals surface area (Å²) in [6.07, 6.45) is 3.84. The van der Waals surface area contributed by atoms with Crippen molar-refractivity contribution >= 4 is 12.4 Å². The average molecular weight is 174 g/mol. The van der Waals surface area contributed by atoms with Gasteiger partial charge in [-0.2, -0.15) is 5.10 Å². The highest BCUT2D eigenvalue weighted by Gasteiger charge is 2.33. The maximum absolute atomic E-state index is 4.19. The molecule has 2 heterocycles. The maximum Gasteiger partial charge on any atom is 0.0846 e. The molecule has 2 rings (SSSR count). The molecule has 1 aliphatic rings. The Bertz CT molecular complexity index is 216. The highest BCUT2D eigenvalue weighted by molar-refractivity contribution is 5.85. The smallest absolute Gasteiger partial charge is 0.0846 e. The molecule has 1 N–H and O–H groups in total. The Hall–Kier alpha value is -0.540. The quantitative estimate of drug-likeness (QED) is 0.675. The fraction of sp³-hybridized carbons (Fsp3) is 0.571. The summed E-state index contributed by atoms with van der Waals surface area (Å²) in [6, 6.07) is 1.96. The van der Waals surface area contributed by atoms with Gasteiger partial charge in [-0.05, 0) is 13.0 Å². The van der Waals surface area contributed by atoms with Crippen LogP contribution in [0.3, 0.4) is 0 Å². The summed E-state index contributed by atoms with van der Waals surface area (Å²) in [5.74, 6) is 0. The summed E-state index contributed by atoms with van der Waals surface area (Å²) >= 11 is 0. The van der Waals surface area contributed by atoms with E-state index in [0.717, 1.165) is 13.1 Å². The monoisotopic (exact) mass is 173 g/mol. The Balaban J connectivity index is 0.000000605. The second-order valence-electron chi connectivity index (χ2n) is 3.05. The molecule has 1 aromatic heterocycles. The molecule has 1 saturated heterocycles. The summed E-state index contributed by atoms with van der Waals surface area (Å²) in [7, 11) is 0. The predicted octanol–water partition coefficient (Wildman–Crippen LogP) is 0.623. The zero-order valence-electron chi connectivity index (χ0n) is 6.45. The summed E-state index contributed by atoms with van der Waals surface area (Å²) in [4.78, 5) is 0. The van der Waals surface area contributed by atoms with Crippen LogP contribution in [0.5, 0.6) is 0 Å². The number of hydrogen-bond donors (Lipinski definition) is 1. The predicted molar refractivity (Wildman–Crippen MR) is 46.0 cm³/mol. The van der Waals surface area contributed by atoms with Gasteiger partial charge in [-0.15, -0.1) is 12.4 Å². The van der Waals surface area contributed by atoms with E-state index < -0.39 is 0 Å².